The Bertz CT molecular complexity index is 1220. The maximum absolute atomic E-state index is 12.6. The highest BCUT2D eigenvalue weighted by Gasteiger charge is 2.35. The quantitative estimate of drug-likeness (QED) is 0.380. The fourth-order valence-corrected chi connectivity index (χ4v) is 3.83. The molecule has 3 amide bonds. The highest BCUT2D eigenvalue weighted by molar-refractivity contribution is 6.15. The van der Waals surface area contributed by atoms with E-state index in [2.05, 4.69) is 51.0 Å². The third-order valence-corrected chi connectivity index (χ3v) is 5.48. The van der Waals surface area contributed by atoms with Gasteiger partial charge >= 0.3 is 12.0 Å². The van der Waals surface area contributed by atoms with Crippen molar-refractivity contribution >= 4 is 24.0 Å². The number of urea groups is 1. The Kier molecular flexibility index (Phi) is 5.64. The Morgan fingerprint density at radius 3 is 2.31 bits per heavy atom. The first-order valence-electron chi connectivity index (χ1n) is 10.1. The van der Waals surface area contributed by atoms with E-state index in [4.69, 9.17) is 0 Å². The molecule has 1 saturated heterocycles. The van der Waals surface area contributed by atoms with Gasteiger partial charge in [-0.2, -0.15) is 0 Å². The predicted octanol–water partition coefficient (Wildman–Crippen LogP) is 3.83. The first-order valence-corrected chi connectivity index (χ1v) is 10.1. The molecule has 0 spiro atoms. The van der Waals surface area contributed by atoms with Crippen LogP contribution in [-0.2, 0) is 14.3 Å². The Labute approximate surface area is 185 Å². The summed E-state index contributed by atoms with van der Waals surface area (Å²) in [5.41, 5.74) is 6.12. The maximum Gasteiger partial charge on any atom is 0.329 e. The van der Waals surface area contributed by atoms with E-state index in [1.807, 2.05) is 38.1 Å². The van der Waals surface area contributed by atoms with Crippen molar-refractivity contribution < 1.29 is 19.1 Å². The van der Waals surface area contributed by atoms with Gasteiger partial charge in [-0.3, -0.25) is 9.59 Å². The second kappa shape index (κ2) is 8.55. The average molecular weight is 429 g/mol. The van der Waals surface area contributed by atoms with Gasteiger partial charge in [-0.25, -0.2) is 9.69 Å². The lowest BCUT2D eigenvalue weighted by molar-refractivity contribution is -0.143. The zero-order valence-corrected chi connectivity index (χ0v) is 18.1. The number of nitrogens with one attached hydrogen (secondary N) is 1. The monoisotopic (exact) mass is 429 g/mol. The number of rotatable bonds is 5. The maximum atomic E-state index is 12.6. The number of nitrogens with zero attached hydrogens (tertiary/aromatic N) is 2. The van der Waals surface area contributed by atoms with E-state index in [9.17, 15) is 14.4 Å². The minimum absolute atomic E-state index is 0.124. The topological polar surface area (TPSA) is 80.6 Å². The number of aryl methyl sites for hydroxylation is 1. The summed E-state index contributed by atoms with van der Waals surface area (Å²) in [5, 5.41) is 2.53. The van der Waals surface area contributed by atoms with Crippen molar-refractivity contribution in [2.24, 2.45) is 0 Å². The van der Waals surface area contributed by atoms with Crippen LogP contribution in [0.4, 0.5) is 4.79 Å². The Balaban J connectivity index is 1.62. The van der Waals surface area contributed by atoms with E-state index in [1.54, 1.807) is 6.08 Å². The molecule has 3 aromatic rings. The van der Waals surface area contributed by atoms with Crippen LogP contribution in [0, 0.1) is 13.8 Å². The van der Waals surface area contributed by atoms with Crippen molar-refractivity contribution in [3.63, 3.8) is 0 Å². The van der Waals surface area contributed by atoms with E-state index < -0.39 is 24.5 Å². The summed E-state index contributed by atoms with van der Waals surface area (Å²) >= 11 is 0. The summed E-state index contributed by atoms with van der Waals surface area (Å²) < 4.78 is 6.64. The molecule has 0 saturated carbocycles. The van der Waals surface area contributed by atoms with Gasteiger partial charge in [0.25, 0.3) is 5.91 Å². The molecule has 1 aliphatic heterocycles. The van der Waals surface area contributed by atoms with Crippen molar-refractivity contribution in [1.29, 1.82) is 0 Å². The number of ether oxygens (including phenoxy) is 1. The van der Waals surface area contributed by atoms with Crippen LogP contribution < -0.4 is 5.32 Å². The van der Waals surface area contributed by atoms with Crippen LogP contribution in [0.5, 0.6) is 0 Å². The standard InChI is InChI=1S/C25H23N3O4/c1-16-13-20(14-22-24(30)27(25(31)26-22)15-23(29)32-3)17(2)28(16)21-11-9-19(10-12-21)18-7-5-4-6-8-18/h4-14H,15H2,1-3H3,(H,26,31)/b22-14-. The number of imide groups is 1. The van der Waals surface area contributed by atoms with Crippen LogP contribution >= 0.6 is 0 Å². The summed E-state index contributed by atoms with van der Waals surface area (Å²) in [6.07, 6.45) is 1.63. The molecular weight excluding hydrogens is 406 g/mol. The van der Waals surface area contributed by atoms with Gasteiger partial charge in [-0.15, -0.1) is 0 Å². The molecule has 32 heavy (non-hydrogen) atoms. The summed E-state index contributed by atoms with van der Waals surface area (Å²) in [6, 6.07) is 19.7. The van der Waals surface area contributed by atoms with E-state index in [0.29, 0.717) is 0 Å². The summed E-state index contributed by atoms with van der Waals surface area (Å²) in [6.45, 7) is 3.52. The van der Waals surface area contributed by atoms with Crippen molar-refractivity contribution in [3.05, 3.63) is 83.3 Å². The number of carbonyl (C=O) groups is 3. The van der Waals surface area contributed by atoms with Gasteiger partial charge in [0.2, 0.25) is 0 Å². The summed E-state index contributed by atoms with van der Waals surface area (Å²) in [4.78, 5) is 37.0. The van der Waals surface area contributed by atoms with Crippen LogP contribution in [-0.4, -0.2) is 41.0 Å². The molecule has 0 bridgehead atoms. The molecule has 7 heteroatoms. The molecule has 0 atom stereocenters. The number of carbonyl (C=O) groups excluding carboxylic acids is 3. The first kappa shape index (κ1) is 21.1. The number of esters is 1. The highest BCUT2D eigenvalue weighted by atomic mass is 16.5. The highest BCUT2D eigenvalue weighted by Crippen LogP contribution is 2.26. The zero-order chi connectivity index (χ0) is 22.8. The van der Waals surface area contributed by atoms with Crippen LogP contribution in [0.25, 0.3) is 22.9 Å². The second-order valence-electron chi connectivity index (χ2n) is 7.53. The van der Waals surface area contributed by atoms with E-state index in [1.165, 1.54) is 7.11 Å². The second-order valence-corrected chi connectivity index (χ2v) is 7.53. The van der Waals surface area contributed by atoms with Crippen LogP contribution in [0.1, 0.15) is 17.0 Å². The van der Waals surface area contributed by atoms with Crippen molar-refractivity contribution in [2.45, 2.75) is 13.8 Å². The largest absolute Gasteiger partial charge is 0.468 e. The molecule has 1 fully saturated rings. The van der Waals surface area contributed by atoms with E-state index in [0.717, 1.165) is 38.7 Å². The normalized spacial score (nSPS) is 14.7. The van der Waals surface area contributed by atoms with Crippen molar-refractivity contribution in [3.8, 4) is 16.8 Å². The van der Waals surface area contributed by atoms with Gasteiger partial charge in [-0.1, -0.05) is 42.5 Å². The SMILES string of the molecule is COC(=O)CN1C(=O)N/C(=C\c2cc(C)n(-c3ccc(-c4ccccc4)cc3)c2C)C1=O. The van der Waals surface area contributed by atoms with Gasteiger partial charge in [0, 0.05) is 17.1 Å². The predicted molar refractivity (Wildman–Crippen MR) is 121 cm³/mol. The van der Waals surface area contributed by atoms with Crippen molar-refractivity contribution in [1.82, 2.24) is 14.8 Å². The Hall–Kier alpha value is -4.13. The van der Waals surface area contributed by atoms with Crippen LogP contribution in [0.3, 0.4) is 0 Å². The minimum Gasteiger partial charge on any atom is -0.468 e. The van der Waals surface area contributed by atoms with Gasteiger partial charge in [0.1, 0.15) is 12.2 Å². The van der Waals surface area contributed by atoms with Crippen LogP contribution in [0.2, 0.25) is 0 Å². The number of methoxy groups -OCH3 is 1. The van der Waals surface area contributed by atoms with Gasteiger partial charge < -0.3 is 14.6 Å². The van der Waals surface area contributed by atoms with Crippen LogP contribution in [0.15, 0.2) is 66.4 Å². The van der Waals surface area contributed by atoms with Gasteiger partial charge in [0.05, 0.1) is 7.11 Å². The molecule has 7 nitrogen and oxygen atoms in total. The summed E-state index contributed by atoms with van der Waals surface area (Å²) in [5.74, 6) is -1.22. The number of benzene rings is 2. The molecule has 0 radical (unpaired) electrons. The number of amides is 3. The summed E-state index contributed by atoms with van der Waals surface area (Å²) in [7, 11) is 1.21. The lowest BCUT2D eigenvalue weighted by Gasteiger charge is -2.11. The first-order chi connectivity index (χ1) is 15.4. The molecule has 4 rings (SSSR count). The van der Waals surface area contributed by atoms with Gasteiger partial charge in [0.15, 0.2) is 0 Å². The average Bonchev–Trinajstić information content (AvgIpc) is 3.23. The fourth-order valence-electron chi connectivity index (χ4n) is 3.83. The zero-order valence-electron chi connectivity index (χ0n) is 18.1. The molecular formula is C25H23N3O4. The molecule has 1 aliphatic rings. The molecule has 2 aromatic carbocycles. The molecule has 0 aliphatic carbocycles. The van der Waals surface area contributed by atoms with Crippen molar-refractivity contribution in [2.75, 3.05) is 13.7 Å². The Morgan fingerprint density at radius 2 is 1.66 bits per heavy atom. The lowest BCUT2D eigenvalue weighted by atomic mass is 10.1. The third kappa shape index (κ3) is 3.92. The molecule has 1 N–H and O–H groups in total. The molecule has 162 valence electrons. The Morgan fingerprint density at radius 1 is 1.00 bits per heavy atom. The fraction of sp³-hybridized carbons (Fsp3) is 0.160. The number of hydrogen-bond acceptors (Lipinski definition) is 4. The number of hydrogen-bond donors (Lipinski definition) is 1. The smallest absolute Gasteiger partial charge is 0.329 e. The minimum atomic E-state index is -0.660. The van der Waals surface area contributed by atoms with Gasteiger partial charge in [-0.05, 0) is 54.8 Å². The molecule has 1 aromatic heterocycles. The third-order valence-electron chi connectivity index (χ3n) is 5.48. The molecule has 2 heterocycles. The lowest BCUT2D eigenvalue weighted by Crippen LogP contribution is -2.36. The molecule has 0 unspecified atom stereocenters. The number of aromatic nitrogens is 1. The van der Waals surface area contributed by atoms with E-state index >= 15 is 0 Å². The van der Waals surface area contributed by atoms with E-state index in [-0.39, 0.29) is 5.70 Å².